The van der Waals surface area contributed by atoms with E-state index >= 15 is 0 Å². The van der Waals surface area contributed by atoms with Crippen LogP contribution in [0.15, 0.2) is 18.2 Å². The van der Waals surface area contributed by atoms with Crippen LogP contribution in [0.2, 0.25) is 0 Å². The van der Waals surface area contributed by atoms with Crippen LogP contribution in [0.4, 0.5) is 14.5 Å². The Labute approximate surface area is 141 Å². The Hall–Kier alpha value is -2.55. The summed E-state index contributed by atoms with van der Waals surface area (Å²) in [4.78, 5) is 38.5. The van der Waals surface area contributed by atoms with Gasteiger partial charge in [0.1, 0.15) is 17.6 Å². The molecule has 0 spiro atoms. The molecule has 2 unspecified atom stereocenters. The predicted molar refractivity (Wildman–Crippen MR) is 80.8 cm³/mol. The lowest BCUT2D eigenvalue weighted by Crippen LogP contribution is -2.51. The molecule has 2 fully saturated rings. The predicted octanol–water partition coefficient (Wildman–Crippen LogP) is 0.630. The number of carbonyl (C=O) groups excluding carboxylic acids is 2. The van der Waals surface area contributed by atoms with Gasteiger partial charge in [0.15, 0.2) is 6.10 Å². The summed E-state index contributed by atoms with van der Waals surface area (Å²) < 4.78 is 31.8. The summed E-state index contributed by atoms with van der Waals surface area (Å²) >= 11 is 0. The van der Waals surface area contributed by atoms with Crippen molar-refractivity contribution in [3.8, 4) is 0 Å². The third-order valence-corrected chi connectivity index (χ3v) is 4.32. The van der Waals surface area contributed by atoms with Crippen molar-refractivity contribution in [1.82, 2.24) is 4.90 Å². The van der Waals surface area contributed by atoms with Gasteiger partial charge >= 0.3 is 5.97 Å². The normalized spacial score (nSPS) is 23.8. The van der Waals surface area contributed by atoms with E-state index in [0.717, 1.165) is 12.1 Å². The smallest absolute Gasteiger partial charge is 0.334 e. The number of morpholine rings is 1. The molecule has 25 heavy (non-hydrogen) atoms. The zero-order valence-electron chi connectivity index (χ0n) is 13.2. The van der Waals surface area contributed by atoms with Gasteiger partial charge in [-0.25, -0.2) is 13.6 Å². The maximum Gasteiger partial charge on any atom is 0.334 e. The van der Waals surface area contributed by atoms with Gasteiger partial charge in [0.2, 0.25) is 11.8 Å². The monoisotopic (exact) mass is 354 g/mol. The molecule has 1 aromatic rings. The standard InChI is InChI=1S/C16H16F2N2O5/c17-9-5-10(18)7-11(6-9)20-2-1-12(15(20)22)14(21)19-3-4-25-13(8-19)16(23)24/h5-7,12-13H,1-4,8H2,(H,23,24). The first kappa shape index (κ1) is 17.3. The summed E-state index contributed by atoms with van der Waals surface area (Å²) in [5.41, 5.74) is 0.0585. The van der Waals surface area contributed by atoms with Gasteiger partial charge in [0.25, 0.3) is 0 Å². The molecule has 9 heteroatoms. The average Bonchev–Trinajstić information content (AvgIpc) is 2.95. The zero-order chi connectivity index (χ0) is 18.1. The van der Waals surface area contributed by atoms with Gasteiger partial charge in [-0.15, -0.1) is 0 Å². The van der Waals surface area contributed by atoms with Crippen LogP contribution in [0.5, 0.6) is 0 Å². The number of carboxylic acid groups (broad SMARTS) is 1. The van der Waals surface area contributed by atoms with Crippen LogP contribution < -0.4 is 4.90 Å². The summed E-state index contributed by atoms with van der Waals surface area (Å²) in [6, 6.07) is 2.76. The van der Waals surface area contributed by atoms with E-state index in [4.69, 9.17) is 9.84 Å². The number of ether oxygens (including phenoxy) is 1. The van der Waals surface area contributed by atoms with E-state index in [0.29, 0.717) is 6.07 Å². The molecule has 0 aromatic heterocycles. The first-order chi connectivity index (χ1) is 11.9. The largest absolute Gasteiger partial charge is 0.479 e. The lowest BCUT2D eigenvalue weighted by atomic mass is 10.1. The number of halogens is 2. The maximum atomic E-state index is 13.4. The highest BCUT2D eigenvalue weighted by Crippen LogP contribution is 2.28. The molecule has 0 radical (unpaired) electrons. The Bertz CT molecular complexity index is 706. The molecule has 2 amide bonds. The molecule has 0 aliphatic carbocycles. The summed E-state index contributed by atoms with van der Waals surface area (Å²) in [6.45, 7) is 0.292. The van der Waals surface area contributed by atoms with Crippen LogP contribution in [0.1, 0.15) is 6.42 Å². The Balaban J connectivity index is 1.73. The summed E-state index contributed by atoms with van der Waals surface area (Å²) in [7, 11) is 0. The van der Waals surface area contributed by atoms with Gasteiger partial charge in [0, 0.05) is 24.8 Å². The number of hydrogen-bond acceptors (Lipinski definition) is 4. The van der Waals surface area contributed by atoms with Gasteiger partial charge in [-0.2, -0.15) is 0 Å². The van der Waals surface area contributed by atoms with E-state index in [2.05, 4.69) is 0 Å². The molecule has 2 aliphatic rings. The fourth-order valence-electron chi connectivity index (χ4n) is 3.08. The van der Waals surface area contributed by atoms with Crippen molar-refractivity contribution in [2.45, 2.75) is 12.5 Å². The van der Waals surface area contributed by atoms with Crippen molar-refractivity contribution in [1.29, 1.82) is 0 Å². The first-order valence-corrected chi connectivity index (χ1v) is 7.77. The van der Waals surface area contributed by atoms with Gasteiger partial charge < -0.3 is 19.6 Å². The maximum absolute atomic E-state index is 13.4. The van der Waals surface area contributed by atoms with E-state index in [1.54, 1.807) is 0 Å². The lowest BCUT2D eigenvalue weighted by Gasteiger charge is -2.32. The number of carboxylic acids is 1. The van der Waals surface area contributed by atoms with Gasteiger partial charge in [-0.3, -0.25) is 9.59 Å². The van der Waals surface area contributed by atoms with Crippen LogP contribution in [0.3, 0.4) is 0 Å². The van der Waals surface area contributed by atoms with Crippen LogP contribution in [-0.2, 0) is 19.1 Å². The minimum Gasteiger partial charge on any atom is -0.479 e. The number of nitrogens with zero attached hydrogens (tertiary/aromatic N) is 2. The average molecular weight is 354 g/mol. The second-order valence-electron chi connectivity index (χ2n) is 5.94. The molecule has 0 saturated carbocycles. The highest BCUT2D eigenvalue weighted by atomic mass is 19.1. The van der Waals surface area contributed by atoms with Crippen LogP contribution in [0.25, 0.3) is 0 Å². The third kappa shape index (κ3) is 3.46. The van der Waals surface area contributed by atoms with Gasteiger partial charge in [-0.1, -0.05) is 0 Å². The Morgan fingerprint density at radius 2 is 1.84 bits per heavy atom. The van der Waals surface area contributed by atoms with E-state index < -0.39 is 41.4 Å². The van der Waals surface area contributed by atoms with Crippen molar-refractivity contribution in [3.05, 3.63) is 29.8 Å². The number of anilines is 1. The number of benzene rings is 1. The summed E-state index contributed by atoms with van der Waals surface area (Å²) in [5.74, 6) is -4.82. The molecule has 134 valence electrons. The molecule has 2 aliphatic heterocycles. The first-order valence-electron chi connectivity index (χ1n) is 7.77. The lowest BCUT2D eigenvalue weighted by molar-refractivity contribution is -0.160. The topological polar surface area (TPSA) is 87.2 Å². The van der Waals surface area contributed by atoms with Crippen LogP contribution in [0, 0.1) is 17.6 Å². The number of rotatable bonds is 3. The van der Waals surface area contributed by atoms with Crippen molar-refractivity contribution in [2.75, 3.05) is 31.1 Å². The molecule has 3 rings (SSSR count). The molecular weight excluding hydrogens is 338 g/mol. The molecule has 0 bridgehead atoms. The van der Waals surface area contributed by atoms with E-state index in [-0.39, 0.29) is 38.3 Å². The second-order valence-corrected chi connectivity index (χ2v) is 5.94. The molecule has 1 aromatic carbocycles. The van der Waals surface area contributed by atoms with Crippen LogP contribution in [-0.4, -0.2) is 60.1 Å². The summed E-state index contributed by atoms with van der Waals surface area (Å²) in [6.07, 6.45) is -0.923. The molecule has 2 saturated heterocycles. The van der Waals surface area contributed by atoms with Crippen LogP contribution >= 0.6 is 0 Å². The fourth-order valence-corrected chi connectivity index (χ4v) is 3.08. The van der Waals surface area contributed by atoms with Crippen molar-refractivity contribution >= 4 is 23.5 Å². The molecule has 2 heterocycles. The van der Waals surface area contributed by atoms with Gasteiger partial charge in [-0.05, 0) is 18.6 Å². The Kier molecular flexibility index (Phi) is 4.67. The third-order valence-electron chi connectivity index (χ3n) is 4.32. The summed E-state index contributed by atoms with van der Waals surface area (Å²) in [5, 5.41) is 8.99. The second kappa shape index (κ2) is 6.75. The van der Waals surface area contributed by atoms with E-state index in [1.165, 1.54) is 9.80 Å². The quantitative estimate of drug-likeness (QED) is 0.805. The fraction of sp³-hybridized carbons (Fsp3) is 0.438. The molecule has 1 N–H and O–H groups in total. The van der Waals surface area contributed by atoms with Crippen molar-refractivity contribution in [2.24, 2.45) is 5.92 Å². The Morgan fingerprint density at radius 3 is 2.48 bits per heavy atom. The number of carbonyl (C=O) groups is 3. The molecule has 2 atom stereocenters. The zero-order valence-corrected chi connectivity index (χ0v) is 13.2. The van der Waals surface area contributed by atoms with Gasteiger partial charge in [0.05, 0.1) is 13.2 Å². The number of amides is 2. The molecular formula is C16H16F2N2O5. The minimum absolute atomic E-state index is 0.0585. The van der Waals surface area contributed by atoms with Crippen molar-refractivity contribution < 1.29 is 33.0 Å². The van der Waals surface area contributed by atoms with E-state index in [1.807, 2.05) is 0 Å². The number of hydrogen-bond donors (Lipinski definition) is 1. The highest BCUT2D eigenvalue weighted by Gasteiger charge is 2.41. The molecule has 7 nitrogen and oxygen atoms in total. The Morgan fingerprint density at radius 1 is 1.16 bits per heavy atom. The number of aliphatic carboxylic acids is 1. The van der Waals surface area contributed by atoms with E-state index in [9.17, 15) is 23.2 Å². The highest BCUT2D eigenvalue weighted by molar-refractivity contribution is 6.09. The van der Waals surface area contributed by atoms with Crippen molar-refractivity contribution in [3.63, 3.8) is 0 Å². The minimum atomic E-state index is -1.17. The SMILES string of the molecule is O=C(O)C1CN(C(=O)C2CCN(c3cc(F)cc(F)c3)C2=O)CCO1.